The number of hydrogen-bond acceptors (Lipinski definition) is 3. The molecule has 0 atom stereocenters. The minimum absolute atomic E-state index is 0.816. The van der Waals surface area contributed by atoms with Gasteiger partial charge in [-0.25, -0.2) is 0 Å². The third-order valence-electron chi connectivity index (χ3n) is 5.13. The zero-order valence-corrected chi connectivity index (χ0v) is 15.1. The van der Waals surface area contributed by atoms with Gasteiger partial charge in [-0.3, -0.25) is 4.68 Å². The van der Waals surface area contributed by atoms with Crippen molar-refractivity contribution in [3.63, 3.8) is 0 Å². The molecule has 1 heterocycles. The van der Waals surface area contributed by atoms with E-state index >= 15 is 0 Å². The zero-order valence-electron chi connectivity index (χ0n) is 15.1. The Labute approximate surface area is 146 Å². The van der Waals surface area contributed by atoms with Crippen LogP contribution in [0.25, 0.3) is 0 Å². The number of nitrogens with zero attached hydrogens (tertiary/aromatic N) is 4. The van der Waals surface area contributed by atoms with Crippen LogP contribution in [-0.2, 0) is 13.1 Å². The lowest BCUT2D eigenvalue weighted by molar-refractivity contribution is 0.204. The van der Waals surface area contributed by atoms with Gasteiger partial charge in [-0.2, -0.15) is 5.10 Å². The van der Waals surface area contributed by atoms with Crippen LogP contribution in [0.15, 0.2) is 42.7 Å². The number of benzene rings is 1. The van der Waals surface area contributed by atoms with Gasteiger partial charge in [-0.1, -0.05) is 37.1 Å². The molecule has 0 spiro atoms. The number of likely N-dealkylation sites (N-methyl/N-ethyl adjacent to an activating group) is 2. The van der Waals surface area contributed by atoms with Gasteiger partial charge in [0.2, 0.25) is 0 Å². The lowest BCUT2D eigenvalue weighted by atomic mass is 10.1. The number of aromatic nitrogens is 2. The largest absolute Gasteiger partial charge is 0.302 e. The summed E-state index contributed by atoms with van der Waals surface area (Å²) in [7, 11) is 4.51. The highest BCUT2D eigenvalue weighted by Gasteiger charge is 2.19. The Morgan fingerprint density at radius 1 is 1.08 bits per heavy atom. The maximum Gasteiger partial charge on any atom is 0.0659 e. The second-order valence-corrected chi connectivity index (χ2v) is 7.18. The minimum atomic E-state index is 0.816. The van der Waals surface area contributed by atoms with Crippen LogP contribution in [0.2, 0.25) is 0 Å². The highest BCUT2D eigenvalue weighted by atomic mass is 15.3. The molecule has 0 N–H and O–H groups in total. The van der Waals surface area contributed by atoms with Crippen molar-refractivity contribution < 1.29 is 0 Å². The Balaban J connectivity index is 1.47. The summed E-state index contributed by atoms with van der Waals surface area (Å²) in [5.41, 5.74) is 2.69. The molecule has 0 radical (unpaired) electrons. The zero-order chi connectivity index (χ0) is 16.8. The molecule has 0 aliphatic heterocycles. The molecule has 0 bridgehead atoms. The van der Waals surface area contributed by atoms with Crippen LogP contribution in [0.3, 0.4) is 0 Å². The summed E-state index contributed by atoms with van der Waals surface area (Å²) in [5.74, 6) is 0. The molecule has 130 valence electrons. The molecule has 1 saturated carbocycles. The predicted molar refractivity (Wildman–Crippen MR) is 99.0 cm³/mol. The van der Waals surface area contributed by atoms with Gasteiger partial charge in [-0.15, -0.1) is 0 Å². The van der Waals surface area contributed by atoms with E-state index < -0.39 is 0 Å². The fourth-order valence-electron chi connectivity index (χ4n) is 3.65. The third kappa shape index (κ3) is 4.92. The lowest BCUT2D eigenvalue weighted by Crippen LogP contribution is -2.36. The third-order valence-corrected chi connectivity index (χ3v) is 5.13. The maximum absolute atomic E-state index is 4.29. The van der Waals surface area contributed by atoms with Crippen LogP contribution in [0.1, 0.15) is 36.8 Å². The fraction of sp³-hybridized carbons (Fsp3) is 0.550. The van der Waals surface area contributed by atoms with E-state index in [-0.39, 0.29) is 0 Å². The van der Waals surface area contributed by atoms with Crippen LogP contribution >= 0.6 is 0 Å². The molecule has 0 unspecified atom stereocenters. The van der Waals surface area contributed by atoms with E-state index in [4.69, 9.17) is 0 Å². The summed E-state index contributed by atoms with van der Waals surface area (Å²) in [5, 5.41) is 4.29. The summed E-state index contributed by atoms with van der Waals surface area (Å²) < 4.78 is 1.97. The molecule has 1 aromatic carbocycles. The van der Waals surface area contributed by atoms with Gasteiger partial charge in [0.15, 0.2) is 0 Å². The van der Waals surface area contributed by atoms with Crippen LogP contribution in [0.5, 0.6) is 0 Å². The van der Waals surface area contributed by atoms with E-state index in [1.165, 1.54) is 36.8 Å². The molecule has 4 heteroatoms. The first-order valence-electron chi connectivity index (χ1n) is 9.15. The van der Waals surface area contributed by atoms with Crippen LogP contribution in [0.4, 0.5) is 0 Å². The molecular formula is C20H30N4. The monoisotopic (exact) mass is 326 g/mol. The topological polar surface area (TPSA) is 24.3 Å². The molecule has 3 rings (SSSR count). The van der Waals surface area contributed by atoms with Crippen LogP contribution < -0.4 is 0 Å². The molecule has 24 heavy (non-hydrogen) atoms. The highest BCUT2D eigenvalue weighted by Crippen LogP contribution is 2.22. The number of rotatable bonds is 8. The summed E-state index contributed by atoms with van der Waals surface area (Å²) in [6.45, 7) is 4.13. The molecule has 1 fully saturated rings. The SMILES string of the molecule is CN(CCN(C)C1CCCC1)Cc1cccc(Cn2cccn2)c1. The summed E-state index contributed by atoms with van der Waals surface area (Å²) in [4.78, 5) is 4.98. The Bertz CT molecular complexity index is 602. The van der Waals surface area contributed by atoms with Crippen molar-refractivity contribution in [1.82, 2.24) is 19.6 Å². The molecule has 4 nitrogen and oxygen atoms in total. The van der Waals surface area contributed by atoms with E-state index in [2.05, 4.69) is 53.3 Å². The van der Waals surface area contributed by atoms with Gasteiger partial charge >= 0.3 is 0 Å². The molecule has 1 aliphatic rings. The van der Waals surface area contributed by atoms with Crippen molar-refractivity contribution in [2.45, 2.75) is 44.8 Å². The van der Waals surface area contributed by atoms with Crippen molar-refractivity contribution in [3.8, 4) is 0 Å². The molecule has 1 aromatic heterocycles. The average Bonchev–Trinajstić information content (AvgIpc) is 3.26. The van der Waals surface area contributed by atoms with Crippen molar-refractivity contribution >= 4 is 0 Å². The summed E-state index contributed by atoms with van der Waals surface area (Å²) >= 11 is 0. The van der Waals surface area contributed by atoms with E-state index in [1.807, 2.05) is 23.1 Å². The Morgan fingerprint density at radius 2 is 1.88 bits per heavy atom. The first-order valence-corrected chi connectivity index (χ1v) is 9.15. The van der Waals surface area contributed by atoms with E-state index in [9.17, 15) is 0 Å². The second-order valence-electron chi connectivity index (χ2n) is 7.18. The van der Waals surface area contributed by atoms with Crippen molar-refractivity contribution in [2.75, 3.05) is 27.2 Å². The maximum atomic E-state index is 4.29. The fourth-order valence-corrected chi connectivity index (χ4v) is 3.65. The standard InChI is InChI=1S/C20H30N4/c1-22(13-14-23(2)20-9-3-4-10-20)16-18-7-5-8-19(15-18)17-24-12-6-11-21-24/h5-8,11-12,15,20H,3-4,9-10,13-14,16-17H2,1-2H3. The predicted octanol–water partition coefficient (Wildman–Crippen LogP) is 3.24. The smallest absolute Gasteiger partial charge is 0.0659 e. The van der Waals surface area contributed by atoms with Gasteiger partial charge in [0.05, 0.1) is 6.54 Å². The Morgan fingerprint density at radius 3 is 2.62 bits per heavy atom. The highest BCUT2D eigenvalue weighted by molar-refractivity contribution is 5.23. The lowest BCUT2D eigenvalue weighted by Gasteiger charge is -2.26. The summed E-state index contributed by atoms with van der Waals surface area (Å²) in [6.07, 6.45) is 9.43. The van der Waals surface area contributed by atoms with Crippen LogP contribution in [-0.4, -0.2) is 52.8 Å². The van der Waals surface area contributed by atoms with Gasteiger partial charge in [0.25, 0.3) is 0 Å². The molecule has 2 aromatic rings. The first kappa shape index (κ1) is 17.2. The van der Waals surface area contributed by atoms with Gasteiger partial charge in [0, 0.05) is 38.1 Å². The second kappa shape index (κ2) is 8.45. The van der Waals surface area contributed by atoms with Gasteiger partial charge < -0.3 is 9.80 Å². The Hall–Kier alpha value is -1.65. The van der Waals surface area contributed by atoms with Gasteiger partial charge in [-0.05, 0) is 44.1 Å². The minimum Gasteiger partial charge on any atom is -0.302 e. The average molecular weight is 326 g/mol. The van der Waals surface area contributed by atoms with Gasteiger partial charge in [0.1, 0.15) is 0 Å². The van der Waals surface area contributed by atoms with E-state index in [0.717, 1.165) is 32.2 Å². The number of hydrogen-bond donors (Lipinski definition) is 0. The quantitative estimate of drug-likeness (QED) is 0.744. The van der Waals surface area contributed by atoms with Crippen molar-refractivity contribution in [1.29, 1.82) is 0 Å². The van der Waals surface area contributed by atoms with Crippen molar-refractivity contribution in [3.05, 3.63) is 53.9 Å². The Kier molecular flexibility index (Phi) is 6.05. The molecular weight excluding hydrogens is 296 g/mol. The van der Waals surface area contributed by atoms with E-state index in [0.29, 0.717) is 0 Å². The molecule has 0 amide bonds. The first-order chi connectivity index (χ1) is 11.7. The van der Waals surface area contributed by atoms with Crippen LogP contribution in [0, 0.1) is 0 Å². The summed E-state index contributed by atoms with van der Waals surface area (Å²) in [6, 6.07) is 11.7. The normalized spacial score (nSPS) is 15.7. The van der Waals surface area contributed by atoms with E-state index in [1.54, 1.807) is 0 Å². The molecule has 0 saturated heterocycles. The van der Waals surface area contributed by atoms with Crippen molar-refractivity contribution in [2.24, 2.45) is 0 Å². The molecule has 1 aliphatic carbocycles.